The van der Waals surface area contributed by atoms with Gasteiger partial charge in [-0.2, -0.15) is 0 Å². The van der Waals surface area contributed by atoms with Crippen molar-refractivity contribution >= 4 is 12.0 Å². The van der Waals surface area contributed by atoms with Gasteiger partial charge in [0.15, 0.2) is 0 Å². The van der Waals surface area contributed by atoms with Gasteiger partial charge in [0, 0.05) is 12.6 Å². The molecule has 0 heterocycles. The molecule has 0 aliphatic heterocycles. The summed E-state index contributed by atoms with van der Waals surface area (Å²) in [6.45, 7) is 5.01. The number of unbranched alkanes of at least 4 members (excludes halogenated alkanes) is 3. The number of carbonyl (C=O) groups excluding carboxylic acids is 1. The summed E-state index contributed by atoms with van der Waals surface area (Å²) in [5, 5.41) is 2.90. The fourth-order valence-electron chi connectivity index (χ4n) is 1.67. The van der Waals surface area contributed by atoms with Crippen molar-refractivity contribution in [3.05, 3.63) is 41.5 Å². The third kappa shape index (κ3) is 6.24. The molecule has 18 heavy (non-hydrogen) atoms. The smallest absolute Gasteiger partial charge is 0.243 e. The molecule has 0 saturated heterocycles. The van der Waals surface area contributed by atoms with Crippen molar-refractivity contribution in [3.8, 4) is 0 Å². The van der Waals surface area contributed by atoms with Crippen LogP contribution in [0.2, 0.25) is 0 Å². The van der Waals surface area contributed by atoms with Crippen molar-refractivity contribution in [2.45, 2.75) is 39.5 Å². The third-order valence-corrected chi connectivity index (χ3v) is 2.83. The van der Waals surface area contributed by atoms with E-state index in [1.165, 1.54) is 24.8 Å². The Bertz CT molecular complexity index is 379. The number of hydrogen-bond donors (Lipinski definition) is 1. The van der Waals surface area contributed by atoms with Crippen LogP contribution in [0.25, 0.3) is 6.08 Å². The van der Waals surface area contributed by atoms with Crippen LogP contribution in [0.3, 0.4) is 0 Å². The molecule has 2 heteroatoms. The quantitative estimate of drug-likeness (QED) is 0.576. The van der Waals surface area contributed by atoms with Crippen LogP contribution in [-0.4, -0.2) is 12.5 Å². The lowest BCUT2D eigenvalue weighted by molar-refractivity contribution is -0.116. The van der Waals surface area contributed by atoms with Gasteiger partial charge in [-0.1, -0.05) is 56.0 Å². The lowest BCUT2D eigenvalue weighted by atomic mass is 10.1. The summed E-state index contributed by atoms with van der Waals surface area (Å²) in [6, 6.07) is 8.12. The Hall–Kier alpha value is -1.57. The molecule has 1 N–H and O–H groups in total. The van der Waals surface area contributed by atoms with Crippen LogP contribution in [-0.2, 0) is 4.79 Å². The minimum atomic E-state index is -0.00734. The van der Waals surface area contributed by atoms with E-state index in [9.17, 15) is 4.79 Å². The summed E-state index contributed by atoms with van der Waals surface area (Å²) in [5.74, 6) is -0.00734. The number of aryl methyl sites for hydroxylation is 1. The van der Waals surface area contributed by atoms with Crippen molar-refractivity contribution in [2.75, 3.05) is 6.54 Å². The van der Waals surface area contributed by atoms with E-state index >= 15 is 0 Å². The first kappa shape index (κ1) is 14.5. The fraction of sp³-hybridized carbons (Fsp3) is 0.438. The van der Waals surface area contributed by atoms with Gasteiger partial charge in [-0.05, 0) is 25.0 Å². The van der Waals surface area contributed by atoms with Crippen LogP contribution in [0.4, 0.5) is 0 Å². The third-order valence-electron chi connectivity index (χ3n) is 2.83. The molecule has 0 unspecified atom stereocenters. The molecule has 1 rings (SSSR count). The van der Waals surface area contributed by atoms with E-state index < -0.39 is 0 Å². The topological polar surface area (TPSA) is 29.1 Å². The predicted octanol–water partition coefficient (Wildman–Crippen LogP) is 3.70. The average Bonchev–Trinajstić information content (AvgIpc) is 2.38. The molecule has 0 aliphatic carbocycles. The minimum absolute atomic E-state index is 0.00734. The van der Waals surface area contributed by atoms with Gasteiger partial charge in [0.25, 0.3) is 0 Å². The predicted molar refractivity (Wildman–Crippen MR) is 77.4 cm³/mol. The summed E-state index contributed by atoms with van der Waals surface area (Å²) < 4.78 is 0. The van der Waals surface area contributed by atoms with Crippen molar-refractivity contribution < 1.29 is 4.79 Å². The van der Waals surface area contributed by atoms with Gasteiger partial charge in [-0.25, -0.2) is 0 Å². The molecule has 0 atom stereocenters. The van der Waals surface area contributed by atoms with E-state index in [4.69, 9.17) is 0 Å². The normalized spacial score (nSPS) is 10.8. The maximum atomic E-state index is 11.5. The Morgan fingerprint density at radius 2 is 1.89 bits per heavy atom. The first-order chi connectivity index (χ1) is 8.72. The van der Waals surface area contributed by atoms with Crippen molar-refractivity contribution in [1.29, 1.82) is 0 Å². The Labute approximate surface area is 110 Å². The van der Waals surface area contributed by atoms with Gasteiger partial charge in [0.1, 0.15) is 0 Å². The molecule has 0 spiro atoms. The monoisotopic (exact) mass is 245 g/mol. The molecular formula is C16H23NO. The van der Waals surface area contributed by atoms with Gasteiger partial charge in [0.2, 0.25) is 5.91 Å². The Balaban J connectivity index is 2.25. The Kier molecular flexibility index (Phi) is 6.85. The molecule has 0 aliphatic rings. The zero-order valence-electron chi connectivity index (χ0n) is 11.4. The summed E-state index contributed by atoms with van der Waals surface area (Å²) in [6.07, 6.45) is 8.18. The number of amides is 1. The van der Waals surface area contributed by atoms with E-state index in [2.05, 4.69) is 19.2 Å². The number of rotatable bonds is 7. The summed E-state index contributed by atoms with van der Waals surface area (Å²) in [5.41, 5.74) is 2.29. The van der Waals surface area contributed by atoms with E-state index in [1.807, 2.05) is 30.3 Å². The van der Waals surface area contributed by atoms with Crippen LogP contribution < -0.4 is 5.32 Å². The summed E-state index contributed by atoms with van der Waals surface area (Å²) in [7, 11) is 0. The molecule has 0 bridgehead atoms. The molecule has 0 fully saturated rings. The van der Waals surface area contributed by atoms with Crippen LogP contribution in [0.5, 0.6) is 0 Å². The van der Waals surface area contributed by atoms with Gasteiger partial charge >= 0.3 is 0 Å². The SMILES string of the molecule is CCCCCCNC(=O)C=Cc1ccc(C)cc1. The van der Waals surface area contributed by atoms with Crippen LogP contribution >= 0.6 is 0 Å². The van der Waals surface area contributed by atoms with Crippen LogP contribution in [0, 0.1) is 6.92 Å². The molecule has 0 radical (unpaired) electrons. The van der Waals surface area contributed by atoms with E-state index in [0.29, 0.717) is 0 Å². The van der Waals surface area contributed by atoms with E-state index in [0.717, 1.165) is 18.5 Å². The van der Waals surface area contributed by atoms with E-state index in [-0.39, 0.29) is 5.91 Å². The van der Waals surface area contributed by atoms with Crippen molar-refractivity contribution in [2.24, 2.45) is 0 Å². The number of nitrogens with one attached hydrogen (secondary N) is 1. The van der Waals surface area contributed by atoms with Crippen LogP contribution in [0.1, 0.15) is 43.7 Å². The van der Waals surface area contributed by atoms with Gasteiger partial charge in [-0.15, -0.1) is 0 Å². The maximum absolute atomic E-state index is 11.5. The molecule has 98 valence electrons. The lowest BCUT2D eigenvalue weighted by Crippen LogP contribution is -2.21. The second-order valence-corrected chi connectivity index (χ2v) is 4.60. The Morgan fingerprint density at radius 1 is 1.17 bits per heavy atom. The minimum Gasteiger partial charge on any atom is -0.353 e. The highest BCUT2D eigenvalue weighted by Crippen LogP contribution is 2.04. The van der Waals surface area contributed by atoms with Gasteiger partial charge in [0.05, 0.1) is 0 Å². The van der Waals surface area contributed by atoms with Crippen LogP contribution in [0.15, 0.2) is 30.3 Å². The van der Waals surface area contributed by atoms with Crippen molar-refractivity contribution in [3.63, 3.8) is 0 Å². The standard InChI is InChI=1S/C16H23NO/c1-3-4-5-6-13-17-16(18)12-11-15-9-7-14(2)8-10-15/h7-12H,3-6,13H2,1-2H3,(H,17,18). The number of carbonyl (C=O) groups is 1. The molecule has 1 aromatic rings. The van der Waals surface area contributed by atoms with Gasteiger partial charge < -0.3 is 5.32 Å². The van der Waals surface area contributed by atoms with Crippen molar-refractivity contribution in [1.82, 2.24) is 5.32 Å². The van der Waals surface area contributed by atoms with E-state index in [1.54, 1.807) is 6.08 Å². The number of hydrogen-bond acceptors (Lipinski definition) is 1. The molecule has 0 saturated carbocycles. The fourth-order valence-corrected chi connectivity index (χ4v) is 1.67. The zero-order chi connectivity index (χ0) is 13.2. The number of benzene rings is 1. The molecule has 1 aromatic carbocycles. The molecule has 0 aromatic heterocycles. The zero-order valence-corrected chi connectivity index (χ0v) is 11.4. The maximum Gasteiger partial charge on any atom is 0.243 e. The Morgan fingerprint density at radius 3 is 2.56 bits per heavy atom. The first-order valence-corrected chi connectivity index (χ1v) is 6.75. The first-order valence-electron chi connectivity index (χ1n) is 6.75. The van der Waals surface area contributed by atoms with Gasteiger partial charge in [-0.3, -0.25) is 4.79 Å². The lowest BCUT2D eigenvalue weighted by Gasteiger charge is -2.01. The molecule has 2 nitrogen and oxygen atoms in total. The second kappa shape index (κ2) is 8.51. The second-order valence-electron chi connectivity index (χ2n) is 4.60. The largest absolute Gasteiger partial charge is 0.353 e. The summed E-state index contributed by atoms with van der Waals surface area (Å²) in [4.78, 5) is 11.5. The average molecular weight is 245 g/mol. The molecular weight excluding hydrogens is 222 g/mol. The summed E-state index contributed by atoms with van der Waals surface area (Å²) >= 11 is 0. The highest BCUT2D eigenvalue weighted by molar-refractivity contribution is 5.91. The highest BCUT2D eigenvalue weighted by Gasteiger charge is 1.94. The highest BCUT2D eigenvalue weighted by atomic mass is 16.1. The molecule has 1 amide bonds.